The van der Waals surface area contributed by atoms with Gasteiger partial charge in [-0.15, -0.1) is 0 Å². The predicted molar refractivity (Wildman–Crippen MR) is 113 cm³/mol. The van der Waals surface area contributed by atoms with Crippen LogP contribution in [0.15, 0.2) is 47.3 Å². The van der Waals surface area contributed by atoms with Crippen molar-refractivity contribution in [1.82, 2.24) is 10.2 Å². The first-order valence-corrected chi connectivity index (χ1v) is 9.38. The smallest absolute Gasteiger partial charge is 0.242 e. The molecule has 1 aromatic carbocycles. The van der Waals surface area contributed by atoms with E-state index in [4.69, 9.17) is 4.52 Å². The quantitative estimate of drug-likeness (QED) is 0.570. The maximum absolute atomic E-state index is 10.2. The second kappa shape index (κ2) is 27.7. The van der Waals surface area contributed by atoms with Crippen LogP contribution in [0.2, 0.25) is 0 Å². The van der Waals surface area contributed by atoms with Crippen molar-refractivity contribution in [2.24, 2.45) is 0 Å². The molecule has 0 atom stereocenters. The number of amides is 1. The van der Waals surface area contributed by atoms with Crippen molar-refractivity contribution in [2.75, 3.05) is 14.2 Å². The Hall–Kier alpha value is -2.14. The molecule has 0 unspecified atom stereocenters. The minimum atomic E-state index is -0.0949. The van der Waals surface area contributed by atoms with Gasteiger partial charge in [0.2, 0.25) is 5.91 Å². The molecule has 0 saturated heterocycles. The van der Waals surface area contributed by atoms with Gasteiger partial charge in [-0.2, -0.15) is 0 Å². The number of carbonyl (C=O) groups is 1. The third kappa shape index (κ3) is 18.2. The number of carbonyl (C=O) groups excluding carboxylic acids is 1. The van der Waals surface area contributed by atoms with Crippen molar-refractivity contribution in [1.29, 1.82) is 0 Å². The van der Waals surface area contributed by atoms with E-state index in [-0.39, 0.29) is 5.91 Å². The Morgan fingerprint density at radius 3 is 1.65 bits per heavy atom. The predicted octanol–water partition coefficient (Wildman–Crippen LogP) is 6.47. The number of hydrogen-bond acceptors (Lipinski definition) is 4. The molecule has 0 saturated carbocycles. The highest BCUT2D eigenvalue weighted by Crippen LogP contribution is 2.16. The summed E-state index contributed by atoms with van der Waals surface area (Å²) >= 11 is 0. The average molecular weight is 369 g/mol. The van der Waals surface area contributed by atoms with Gasteiger partial charge in [-0.05, 0) is 5.56 Å². The van der Waals surface area contributed by atoms with Crippen molar-refractivity contribution in [2.45, 2.75) is 62.3 Å². The highest BCUT2D eigenvalue weighted by atomic mass is 16.7. The fourth-order valence-electron chi connectivity index (χ4n) is 1.11. The molecule has 2 rings (SSSR count). The summed E-state index contributed by atoms with van der Waals surface area (Å²) in [5.41, 5.74) is 2.15. The van der Waals surface area contributed by atoms with E-state index in [0.29, 0.717) is 0 Å². The number of hydrogen-bond donors (Lipinski definition) is 0. The highest BCUT2D eigenvalue weighted by Gasteiger charge is 1.96. The summed E-state index contributed by atoms with van der Waals surface area (Å²) in [7, 11) is 3.00. The fourth-order valence-corrected chi connectivity index (χ4v) is 1.11. The summed E-state index contributed by atoms with van der Waals surface area (Å²) in [5.74, 6) is -0.0949. The van der Waals surface area contributed by atoms with Gasteiger partial charge in [0.05, 0.1) is 13.3 Å². The Morgan fingerprint density at radius 1 is 0.923 bits per heavy atom. The summed E-state index contributed by atoms with van der Waals surface area (Å²) in [6.07, 6.45) is 3.34. The normalized spacial score (nSPS) is 7.35. The van der Waals surface area contributed by atoms with E-state index in [1.165, 1.54) is 14.0 Å². The van der Waals surface area contributed by atoms with Gasteiger partial charge in [0.25, 0.3) is 0 Å². The molecular formula is C21H40N2O3. The standard InChI is InChI=1S/C9H7NO.C4H9NO2.4C2H6/c1-2-4-8(5-3-1)9-6-10-11-7-9;1-4(6)5(2)7-3;4*1-2/h1-7H;1-3H3;4*1-2H3. The van der Waals surface area contributed by atoms with E-state index in [2.05, 4.69) is 9.99 Å². The van der Waals surface area contributed by atoms with Gasteiger partial charge in [0.15, 0.2) is 0 Å². The largest absolute Gasteiger partial charge is 0.364 e. The van der Waals surface area contributed by atoms with E-state index < -0.39 is 0 Å². The number of benzene rings is 1. The lowest BCUT2D eigenvalue weighted by atomic mass is 10.1. The van der Waals surface area contributed by atoms with Gasteiger partial charge < -0.3 is 4.52 Å². The second-order valence-corrected chi connectivity index (χ2v) is 3.48. The Kier molecular flexibility index (Phi) is 33.7. The molecule has 5 heteroatoms. The first kappa shape index (κ1) is 31.6. The molecule has 26 heavy (non-hydrogen) atoms. The van der Waals surface area contributed by atoms with E-state index in [1.807, 2.05) is 85.7 Å². The van der Waals surface area contributed by atoms with Crippen molar-refractivity contribution in [3.63, 3.8) is 0 Å². The van der Waals surface area contributed by atoms with Crippen LogP contribution in [0.4, 0.5) is 0 Å². The minimum Gasteiger partial charge on any atom is -0.364 e. The highest BCUT2D eigenvalue weighted by molar-refractivity contribution is 5.71. The number of nitrogens with zero attached hydrogens (tertiary/aromatic N) is 2. The monoisotopic (exact) mass is 368 g/mol. The van der Waals surface area contributed by atoms with Crippen molar-refractivity contribution >= 4 is 5.91 Å². The van der Waals surface area contributed by atoms with E-state index >= 15 is 0 Å². The van der Waals surface area contributed by atoms with Crippen molar-refractivity contribution in [3.05, 3.63) is 42.8 Å². The van der Waals surface area contributed by atoms with Crippen LogP contribution in [-0.2, 0) is 9.63 Å². The Balaban J connectivity index is -0.000000141. The molecule has 1 aromatic heterocycles. The fraction of sp³-hybridized carbons (Fsp3) is 0.524. The topological polar surface area (TPSA) is 55.6 Å². The summed E-state index contributed by atoms with van der Waals surface area (Å²) in [4.78, 5) is 14.7. The van der Waals surface area contributed by atoms with Crippen LogP contribution >= 0.6 is 0 Å². The van der Waals surface area contributed by atoms with Crippen LogP contribution in [0.25, 0.3) is 11.1 Å². The Morgan fingerprint density at radius 2 is 1.38 bits per heavy atom. The second-order valence-electron chi connectivity index (χ2n) is 3.48. The van der Waals surface area contributed by atoms with Gasteiger partial charge >= 0.3 is 0 Å². The lowest BCUT2D eigenvalue weighted by Gasteiger charge is -2.08. The molecule has 0 aliphatic carbocycles. The number of aromatic nitrogens is 1. The zero-order valence-electron chi connectivity index (χ0n) is 18.7. The van der Waals surface area contributed by atoms with E-state index in [9.17, 15) is 4.79 Å². The first-order chi connectivity index (χ1) is 12.6. The third-order valence-corrected chi connectivity index (χ3v) is 2.26. The molecule has 1 amide bonds. The first-order valence-electron chi connectivity index (χ1n) is 9.38. The number of hydroxylamine groups is 2. The van der Waals surface area contributed by atoms with Crippen LogP contribution in [-0.4, -0.2) is 30.3 Å². The molecule has 0 radical (unpaired) electrons. The van der Waals surface area contributed by atoms with Gasteiger partial charge in [0.1, 0.15) is 6.26 Å². The summed E-state index contributed by atoms with van der Waals surface area (Å²) < 4.78 is 4.72. The summed E-state index contributed by atoms with van der Waals surface area (Å²) in [6, 6.07) is 10.0. The zero-order chi connectivity index (χ0) is 21.4. The van der Waals surface area contributed by atoms with Gasteiger partial charge in [-0.1, -0.05) is 90.9 Å². The maximum atomic E-state index is 10.2. The van der Waals surface area contributed by atoms with Crippen LogP contribution in [0.5, 0.6) is 0 Å². The van der Waals surface area contributed by atoms with E-state index in [1.54, 1.807) is 19.5 Å². The molecule has 152 valence electrons. The molecular weight excluding hydrogens is 328 g/mol. The molecule has 0 aliphatic heterocycles. The lowest BCUT2D eigenvalue weighted by molar-refractivity contribution is -0.165. The van der Waals surface area contributed by atoms with Crippen LogP contribution in [0.3, 0.4) is 0 Å². The average Bonchev–Trinajstić information content (AvgIpc) is 3.29. The molecule has 0 N–H and O–H groups in total. The Bertz CT molecular complexity index is 457. The molecule has 0 aliphatic rings. The van der Waals surface area contributed by atoms with Gasteiger partial charge in [-0.25, -0.2) is 5.06 Å². The lowest BCUT2D eigenvalue weighted by Crippen LogP contribution is -2.21. The molecule has 2 aromatic rings. The van der Waals surface area contributed by atoms with Crippen LogP contribution < -0.4 is 0 Å². The third-order valence-electron chi connectivity index (χ3n) is 2.26. The SMILES string of the molecule is CC.CC.CC.CC.CON(C)C(C)=O.c1ccc(-c2cnoc2)cc1. The van der Waals surface area contributed by atoms with Gasteiger partial charge in [-0.3, -0.25) is 9.63 Å². The molecule has 0 bridgehead atoms. The zero-order valence-corrected chi connectivity index (χ0v) is 18.7. The van der Waals surface area contributed by atoms with Crippen LogP contribution in [0, 0.1) is 0 Å². The van der Waals surface area contributed by atoms with E-state index in [0.717, 1.165) is 16.2 Å². The van der Waals surface area contributed by atoms with Crippen LogP contribution in [0.1, 0.15) is 62.3 Å². The number of rotatable bonds is 2. The minimum absolute atomic E-state index is 0.0949. The molecule has 1 heterocycles. The summed E-state index contributed by atoms with van der Waals surface area (Å²) in [6.45, 7) is 17.4. The van der Waals surface area contributed by atoms with Gasteiger partial charge in [0, 0.05) is 19.5 Å². The van der Waals surface area contributed by atoms with Crippen molar-refractivity contribution in [3.8, 4) is 11.1 Å². The Labute approximate surface area is 161 Å². The summed E-state index contributed by atoms with van der Waals surface area (Å²) in [5, 5.41) is 4.78. The van der Waals surface area contributed by atoms with Crippen molar-refractivity contribution < 1.29 is 14.2 Å². The molecule has 0 fully saturated rings. The molecule has 0 spiro atoms. The molecule has 5 nitrogen and oxygen atoms in total. The maximum Gasteiger partial charge on any atom is 0.242 e.